The zero-order valence-electron chi connectivity index (χ0n) is 16.0. The molecular weight excluding hydrogens is 369 g/mol. The number of rotatable bonds is 8. The normalized spacial score (nSPS) is 13.4. The maximum absolute atomic E-state index is 13.3. The summed E-state index contributed by atoms with van der Waals surface area (Å²) in [7, 11) is 0. The van der Waals surface area contributed by atoms with Gasteiger partial charge >= 0.3 is 6.09 Å². The first-order valence-corrected chi connectivity index (χ1v) is 9.91. The molecular formula is C19H26FN3O3S. The van der Waals surface area contributed by atoms with Gasteiger partial charge in [0.2, 0.25) is 5.91 Å². The third-order valence-electron chi connectivity index (χ3n) is 3.83. The second-order valence-corrected chi connectivity index (χ2v) is 7.93. The molecule has 0 saturated heterocycles. The van der Waals surface area contributed by atoms with Gasteiger partial charge in [-0.3, -0.25) is 4.79 Å². The number of nitrogens with one attached hydrogen (secondary N) is 2. The number of amides is 2. The van der Waals surface area contributed by atoms with E-state index in [0.29, 0.717) is 23.6 Å². The minimum absolute atomic E-state index is 0.220. The molecule has 0 saturated carbocycles. The molecule has 0 bridgehead atoms. The average molecular weight is 396 g/mol. The summed E-state index contributed by atoms with van der Waals surface area (Å²) < 4.78 is 19.2. The second kappa shape index (κ2) is 9.64. The van der Waals surface area contributed by atoms with Crippen molar-refractivity contribution in [2.24, 2.45) is 5.92 Å². The van der Waals surface area contributed by atoms with Crippen LogP contribution in [-0.4, -0.2) is 29.6 Å². The van der Waals surface area contributed by atoms with Gasteiger partial charge in [0.25, 0.3) is 0 Å². The minimum Gasteiger partial charge on any atom is -0.449 e. The molecule has 148 valence electrons. The number of nitrogens with zero attached hydrogens (tertiary/aromatic N) is 1. The molecule has 1 aromatic carbocycles. The van der Waals surface area contributed by atoms with Gasteiger partial charge in [-0.25, -0.2) is 14.2 Å². The van der Waals surface area contributed by atoms with E-state index in [1.165, 1.54) is 23.5 Å². The van der Waals surface area contributed by atoms with Crippen molar-refractivity contribution in [3.05, 3.63) is 29.0 Å². The fourth-order valence-corrected chi connectivity index (χ4v) is 3.46. The summed E-state index contributed by atoms with van der Waals surface area (Å²) in [4.78, 5) is 28.9. The highest BCUT2D eigenvalue weighted by molar-refractivity contribution is 7.18. The van der Waals surface area contributed by atoms with Crippen LogP contribution in [0, 0.1) is 11.7 Å². The van der Waals surface area contributed by atoms with Gasteiger partial charge in [0.15, 0.2) is 0 Å². The number of thiazole rings is 1. The predicted octanol–water partition coefficient (Wildman–Crippen LogP) is 4.16. The summed E-state index contributed by atoms with van der Waals surface area (Å²) in [6.45, 7) is 7.92. The number of fused-ring (bicyclic) bond motifs is 1. The minimum atomic E-state index is -0.677. The van der Waals surface area contributed by atoms with Crippen LogP contribution in [0.15, 0.2) is 18.2 Å². The molecule has 2 rings (SSSR count). The van der Waals surface area contributed by atoms with E-state index in [2.05, 4.69) is 15.6 Å². The highest BCUT2D eigenvalue weighted by Gasteiger charge is 2.23. The predicted molar refractivity (Wildman–Crippen MR) is 104 cm³/mol. The van der Waals surface area contributed by atoms with Crippen molar-refractivity contribution >= 4 is 33.6 Å². The summed E-state index contributed by atoms with van der Waals surface area (Å²) in [5.41, 5.74) is 0.693. The number of hydrogen-bond donors (Lipinski definition) is 2. The monoisotopic (exact) mass is 395 g/mol. The number of aromatic nitrogens is 1. The lowest BCUT2D eigenvalue weighted by Gasteiger charge is -2.20. The molecule has 0 radical (unpaired) electrons. The molecule has 0 aliphatic rings. The first-order valence-electron chi connectivity index (χ1n) is 9.09. The lowest BCUT2D eigenvalue weighted by Crippen LogP contribution is -2.47. The van der Waals surface area contributed by atoms with Gasteiger partial charge in [-0.15, -0.1) is 11.3 Å². The van der Waals surface area contributed by atoms with Crippen LogP contribution in [0.3, 0.4) is 0 Å². The zero-order valence-corrected chi connectivity index (χ0v) is 16.9. The van der Waals surface area contributed by atoms with Crippen molar-refractivity contribution < 1.29 is 18.7 Å². The molecule has 6 nitrogen and oxygen atoms in total. The number of hydrogen-bond acceptors (Lipinski definition) is 5. The van der Waals surface area contributed by atoms with Crippen LogP contribution in [0.4, 0.5) is 9.18 Å². The van der Waals surface area contributed by atoms with E-state index in [9.17, 15) is 14.0 Å². The fourth-order valence-electron chi connectivity index (χ4n) is 2.46. The first kappa shape index (κ1) is 21.1. The highest BCUT2D eigenvalue weighted by Crippen LogP contribution is 2.27. The smallest absolute Gasteiger partial charge is 0.407 e. The van der Waals surface area contributed by atoms with Crippen molar-refractivity contribution in [2.75, 3.05) is 6.61 Å². The molecule has 2 atom stereocenters. The van der Waals surface area contributed by atoms with Crippen LogP contribution >= 0.6 is 11.3 Å². The molecule has 0 aliphatic heterocycles. The van der Waals surface area contributed by atoms with Gasteiger partial charge in [-0.1, -0.05) is 27.2 Å². The van der Waals surface area contributed by atoms with Gasteiger partial charge in [-0.05, 0) is 37.5 Å². The number of carbonyl (C=O) groups is 2. The van der Waals surface area contributed by atoms with Crippen LogP contribution in [0.1, 0.15) is 51.6 Å². The summed E-state index contributed by atoms with van der Waals surface area (Å²) in [5, 5.41) is 6.18. The molecule has 2 aromatic rings. The van der Waals surface area contributed by atoms with E-state index in [4.69, 9.17) is 4.74 Å². The topological polar surface area (TPSA) is 80.3 Å². The quantitative estimate of drug-likeness (QED) is 0.703. The Morgan fingerprint density at radius 1 is 1.26 bits per heavy atom. The van der Waals surface area contributed by atoms with Crippen molar-refractivity contribution in [3.63, 3.8) is 0 Å². The van der Waals surface area contributed by atoms with Gasteiger partial charge in [0, 0.05) is 0 Å². The standard InChI is InChI=1S/C19H26FN3O3S/c1-5-6-15(23-19(25)26-10-11(2)3)17(24)21-12(4)18-22-14-8-7-13(20)9-16(14)27-18/h7-9,11-12,15H,5-6,10H2,1-4H3,(H,21,24)(H,23,25)/t12-,15+/m1/s1. The summed E-state index contributed by atoms with van der Waals surface area (Å²) in [5.74, 6) is -0.393. The Hall–Kier alpha value is -2.22. The second-order valence-electron chi connectivity index (χ2n) is 6.87. The lowest BCUT2D eigenvalue weighted by atomic mass is 10.1. The Morgan fingerprint density at radius 2 is 2.00 bits per heavy atom. The Balaban J connectivity index is 2.00. The van der Waals surface area contributed by atoms with Crippen molar-refractivity contribution in [3.8, 4) is 0 Å². The van der Waals surface area contributed by atoms with E-state index in [1.54, 1.807) is 6.07 Å². The molecule has 0 spiro atoms. The first-order chi connectivity index (χ1) is 12.8. The van der Waals surface area contributed by atoms with Crippen molar-refractivity contribution in [1.29, 1.82) is 0 Å². The van der Waals surface area contributed by atoms with Crippen molar-refractivity contribution in [2.45, 2.75) is 52.6 Å². The van der Waals surface area contributed by atoms with E-state index < -0.39 is 12.1 Å². The van der Waals surface area contributed by atoms with E-state index >= 15 is 0 Å². The summed E-state index contributed by atoms with van der Waals surface area (Å²) in [6, 6.07) is 3.37. The third-order valence-corrected chi connectivity index (χ3v) is 5.03. The highest BCUT2D eigenvalue weighted by atomic mass is 32.1. The SMILES string of the molecule is CCC[C@H](NC(=O)OCC(C)C)C(=O)N[C@H](C)c1nc2ccc(F)cc2s1. The number of alkyl carbamates (subject to hydrolysis) is 1. The molecule has 27 heavy (non-hydrogen) atoms. The van der Waals surface area contributed by atoms with Crippen LogP contribution < -0.4 is 10.6 Å². The Labute approximate surface area is 162 Å². The molecule has 2 N–H and O–H groups in total. The van der Waals surface area contributed by atoms with Crippen LogP contribution in [0.5, 0.6) is 0 Å². The van der Waals surface area contributed by atoms with Crippen LogP contribution in [0.2, 0.25) is 0 Å². The fraction of sp³-hybridized carbons (Fsp3) is 0.526. The molecule has 2 amide bonds. The van der Waals surface area contributed by atoms with E-state index in [0.717, 1.165) is 11.1 Å². The maximum atomic E-state index is 13.3. The molecule has 0 aliphatic carbocycles. The van der Waals surface area contributed by atoms with Gasteiger partial charge < -0.3 is 15.4 Å². The number of halogens is 1. The largest absolute Gasteiger partial charge is 0.449 e. The summed E-state index contributed by atoms with van der Waals surface area (Å²) >= 11 is 1.33. The number of benzene rings is 1. The Kier molecular flexibility index (Phi) is 7.53. The van der Waals surface area contributed by atoms with Gasteiger partial charge in [0.1, 0.15) is 16.9 Å². The van der Waals surface area contributed by atoms with E-state index in [-0.39, 0.29) is 23.7 Å². The Morgan fingerprint density at radius 3 is 2.67 bits per heavy atom. The Bertz CT molecular complexity index is 794. The lowest BCUT2D eigenvalue weighted by molar-refractivity contribution is -0.123. The van der Waals surface area contributed by atoms with E-state index in [1.807, 2.05) is 27.7 Å². The maximum Gasteiger partial charge on any atom is 0.407 e. The molecule has 1 aromatic heterocycles. The zero-order chi connectivity index (χ0) is 20.0. The van der Waals surface area contributed by atoms with Crippen LogP contribution in [-0.2, 0) is 9.53 Å². The third kappa shape index (κ3) is 6.16. The summed E-state index contributed by atoms with van der Waals surface area (Å²) in [6.07, 6.45) is 0.637. The number of ether oxygens (including phenoxy) is 1. The van der Waals surface area contributed by atoms with Crippen LogP contribution in [0.25, 0.3) is 10.2 Å². The molecule has 0 fully saturated rings. The van der Waals surface area contributed by atoms with Crippen molar-refractivity contribution in [1.82, 2.24) is 15.6 Å². The molecule has 1 heterocycles. The van der Waals surface area contributed by atoms with Gasteiger partial charge in [-0.2, -0.15) is 0 Å². The number of carbonyl (C=O) groups excluding carboxylic acids is 2. The molecule has 0 unspecified atom stereocenters. The molecule has 8 heteroatoms. The van der Waals surface area contributed by atoms with Gasteiger partial charge in [0.05, 0.1) is 22.9 Å². The average Bonchev–Trinajstić information content (AvgIpc) is 3.02.